The van der Waals surface area contributed by atoms with Crippen molar-refractivity contribution in [2.24, 2.45) is 5.92 Å². The van der Waals surface area contributed by atoms with E-state index in [0.717, 1.165) is 41.7 Å². The Balaban J connectivity index is 1.05. The van der Waals surface area contributed by atoms with Gasteiger partial charge in [-0.15, -0.1) is 11.3 Å². The van der Waals surface area contributed by atoms with Gasteiger partial charge in [-0.25, -0.2) is 14.7 Å². The van der Waals surface area contributed by atoms with Crippen LogP contribution in [-0.4, -0.2) is 45.9 Å². The van der Waals surface area contributed by atoms with Crippen molar-refractivity contribution >= 4 is 56.9 Å². The number of hydrogen-bond acceptors (Lipinski definition) is 10. The SMILES string of the molecule is CC1C(CSc2nc3ccccc3s2)OC(c2ccc(N3C(=O)CC(NC(=O)OCc4ccccc4)C3=O)cc2)OC1c1ccc(CO)cc1. The van der Waals surface area contributed by atoms with Gasteiger partial charge in [-0.1, -0.05) is 97.5 Å². The van der Waals surface area contributed by atoms with Crippen LogP contribution in [-0.2, 0) is 37.0 Å². The second-order valence-electron chi connectivity index (χ2n) is 12.2. The summed E-state index contributed by atoms with van der Waals surface area (Å²) in [5.74, 6) is -0.301. The minimum absolute atomic E-state index is 0.00367. The third-order valence-corrected chi connectivity index (χ3v) is 11.1. The monoisotopic (exact) mass is 709 g/mol. The van der Waals surface area contributed by atoms with Gasteiger partial charge in [0.2, 0.25) is 5.91 Å². The highest BCUT2D eigenvalue weighted by Crippen LogP contribution is 2.44. The summed E-state index contributed by atoms with van der Waals surface area (Å²) < 4.78 is 20.5. The third kappa shape index (κ3) is 7.44. The van der Waals surface area contributed by atoms with Crippen LogP contribution >= 0.6 is 23.1 Å². The minimum Gasteiger partial charge on any atom is -0.445 e. The quantitative estimate of drug-likeness (QED) is 0.117. The summed E-state index contributed by atoms with van der Waals surface area (Å²) in [6.07, 6.45) is -2.14. The first-order chi connectivity index (χ1) is 24.4. The number of anilines is 1. The van der Waals surface area contributed by atoms with E-state index in [1.165, 1.54) is 0 Å². The number of aliphatic hydroxyl groups excluding tert-OH is 1. The summed E-state index contributed by atoms with van der Waals surface area (Å²) in [5.41, 5.74) is 4.68. The van der Waals surface area contributed by atoms with Gasteiger partial charge in [0.05, 0.1) is 41.1 Å². The predicted molar refractivity (Wildman–Crippen MR) is 190 cm³/mol. The summed E-state index contributed by atoms with van der Waals surface area (Å²) in [7, 11) is 0. The zero-order valence-corrected chi connectivity index (χ0v) is 28.8. The van der Waals surface area contributed by atoms with Crippen LogP contribution in [0, 0.1) is 5.92 Å². The van der Waals surface area contributed by atoms with Crippen LogP contribution in [0.4, 0.5) is 10.5 Å². The van der Waals surface area contributed by atoms with Crippen LogP contribution < -0.4 is 10.2 Å². The van der Waals surface area contributed by atoms with E-state index >= 15 is 0 Å². The molecule has 0 radical (unpaired) electrons. The largest absolute Gasteiger partial charge is 0.445 e. The molecule has 0 saturated carbocycles. The molecule has 2 aliphatic heterocycles. The lowest BCUT2D eigenvalue weighted by Crippen LogP contribution is -2.42. The number of hydrogen-bond donors (Lipinski definition) is 2. The molecule has 2 fully saturated rings. The van der Waals surface area contributed by atoms with Crippen LogP contribution in [0.5, 0.6) is 0 Å². The molecule has 3 amide bonds. The molecule has 2 saturated heterocycles. The van der Waals surface area contributed by atoms with E-state index in [0.29, 0.717) is 11.4 Å². The van der Waals surface area contributed by atoms with Gasteiger partial charge in [-0.05, 0) is 41.0 Å². The Morgan fingerprint density at radius 1 is 0.940 bits per heavy atom. The predicted octanol–water partition coefficient (Wildman–Crippen LogP) is 6.93. The molecule has 3 heterocycles. The van der Waals surface area contributed by atoms with E-state index in [-0.39, 0.29) is 37.8 Å². The van der Waals surface area contributed by atoms with Gasteiger partial charge in [-0.3, -0.25) is 9.59 Å². The fraction of sp³-hybridized carbons (Fsp3) is 0.263. The average molecular weight is 710 g/mol. The Morgan fingerprint density at radius 3 is 2.40 bits per heavy atom. The lowest BCUT2D eigenvalue weighted by Gasteiger charge is -2.41. The van der Waals surface area contributed by atoms with Gasteiger partial charge in [-0.2, -0.15) is 0 Å². The van der Waals surface area contributed by atoms with E-state index in [1.807, 2.05) is 72.8 Å². The minimum atomic E-state index is -1.02. The van der Waals surface area contributed by atoms with Gasteiger partial charge in [0.15, 0.2) is 10.6 Å². The van der Waals surface area contributed by atoms with Crippen molar-refractivity contribution in [2.75, 3.05) is 10.7 Å². The number of rotatable bonds is 10. The van der Waals surface area contributed by atoms with Gasteiger partial charge in [0, 0.05) is 17.2 Å². The van der Waals surface area contributed by atoms with Crippen LogP contribution in [0.15, 0.2) is 107 Å². The topological polar surface area (TPSA) is 127 Å². The number of nitrogens with zero attached hydrogens (tertiary/aromatic N) is 2. The number of carbonyl (C=O) groups excluding carboxylic acids is 3. The van der Waals surface area contributed by atoms with Crippen molar-refractivity contribution in [3.05, 3.63) is 125 Å². The second-order valence-corrected chi connectivity index (χ2v) is 14.5. The highest BCUT2D eigenvalue weighted by molar-refractivity contribution is 8.01. The number of alkyl carbamates (subject to hydrolysis) is 1. The molecule has 10 nitrogen and oxygen atoms in total. The molecule has 2 aliphatic rings. The number of imide groups is 1. The van der Waals surface area contributed by atoms with Gasteiger partial charge >= 0.3 is 6.09 Å². The lowest BCUT2D eigenvalue weighted by atomic mass is 9.91. The summed E-state index contributed by atoms with van der Waals surface area (Å²) in [5, 5.41) is 12.1. The Labute approximate surface area is 297 Å². The summed E-state index contributed by atoms with van der Waals surface area (Å²) in [6.45, 7) is 2.12. The maximum Gasteiger partial charge on any atom is 0.408 e. The number of carbonyl (C=O) groups is 3. The first-order valence-corrected chi connectivity index (χ1v) is 18.1. The average Bonchev–Trinajstić information content (AvgIpc) is 3.69. The number of aromatic nitrogens is 1. The Bertz CT molecular complexity index is 1940. The Morgan fingerprint density at radius 2 is 1.66 bits per heavy atom. The molecule has 50 heavy (non-hydrogen) atoms. The van der Waals surface area contributed by atoms with Crippen LogP contribution in [0.2, 0.25) is 0 Å². The third-order valence-electron chi connectivity index (χ3n) is 8.84. The van der Waals surface area contributed by atoms with E-state index < -0.39 is 30.2 Å². The molecular weight excluding hydrogens is 675 g/mol. The first kappa shape index (κ1) is 33.9. The highest BCUT2D eigenvalue weighted by Gasteiger charge is 2.42. The molecule has 4 aromatic carbocycles. The number of amides is 3. The maximum absolute atomic E-state index is 13.2. The van der Waals surface area contributed by atoms with Crippen molar-refractivity contribution in [2.45, 2.75) is 55.4 Å². The molecular formula is C38H35N3O7S2. The zero-order chi connectivity index (χ0) is 34.6. The van der Waals surface area contributed by atoms with Crippen molar-refractivity contribution in [1.82, 2.24) is 10.3 Å². The van der Waals surface area contributed by atoms with E-state index in [9.17, 15) is 19.5 Å². The fourth-order valence-electron chi connectivity index (χ4n) is 6.08. The molecule has 5 unspecified atom stereocenters. The van der Waals surface area contributed by atoms with Gasteiger partial charge in [0.1, 0.15) is 12.6 Å². The molecule has 7 rings (SSSR count). The molecule has 2 N–H and O–H groups in total. The highest BCUT2D eigenvalue weighted by atomic mass is 32.2. The van der Waals surface area contributed by atoms with Crippen LogP contribution in [0.1, 0.15) is 48.0 Å². The molecule has 12 heteroatoms. The Hall–Kier alpha value is -4.59. The number of benzene rings is 4. The summed E-state index contributed by atoms with van der Waals surface area (Å²) in [4.78, 5) is 44.5. The van der Waals surface area contributed by atoms with E-state index in [2.05, 4.69) is 18.3 Å². The smallest absolute Gasteiger partial charge is 0.408 e. The van der Waals surface area contributed by atoms with E-state index in [4.69, 9.17) is 19.2 Å². The van der Waals surface area contributed by atoms with Gasteiger partial charge < -0.3 is 24.6 Å². The summed E-state index contributed by atoms with van der Waals surface area (Å²) >= 11 is 3.31. The Kier molecular flexibility index (Phi) is 10.2. The normalized spacial score (nSPS) is 22.2. The molecule has 1 aromatic heterocycles. The van der Waals surface area contributed by atoms with Crippen LogP contribution in [0.25, 0.3) is 10.2 Å². The zero-order valence-electron chi connectivity index (χ0n) is 27.1. The van der Waals surface area contributed by atoms with Crippen molar-refractivity contribution in [1.29, 1.82) is 0 Å². The number of aliphatic hydroxyl groups is 1. The maximum atomic E-state index is 13.2. The number of nitrogens with one attached hydrogen (secondary N) is 1. The standard InChI is InChI=1S/C38H35N3O7S2/c1-23-31(22-49-38-40-29-9-5-6-10-32(29)50-38)47-36(48-34(23)26-13-11-24(20-42)12-14-26)27-15-17-28(18-16-27)41-33(43)19-30(35(41)44)39-37(45)46-21-25-7-3-2-4-8-25/h2-18,23,30-31,34,36,42H,19-22H2,1H3,(H,39,45). The van der Waals surface area contributed by atoms with Crippen LogP contribution in [0.3, 0.4) is 0 Å². The summed E-state index contributed by atoms with van der Waals surface area (Å²) in [6, 6.07) is 30.9. The molecule has 5 aromatic rings. The molecule has 5 atom stereocenters. The van der Waals surface area contributed by atoms with Crippen molar-refractivity contribution < 1.29 is 33.7 Å². The van der Waals surface area contributed by atoms with E-state index in [1.54, 1.807) is 47.4 Å². The number of ether oxygens (including phenoxy) is 3. The van der Waals surface area contributed by atoms with Crippen molar-refractivity contribution in [3.63, 3.8) is 0 Å². The second kappa shape index (κ2) is 15.1. The molecule has 0 aliphatic carbocycles. The first-order valence-electron chi connectivity index (χ1n) is 16.3. The number of para-hydroxylation sites is 1. The number of fused-ring (bicyclic) bond motifs is 1. The molecule has 0 spiro atoms. The van der Waals surface area contributed by atoms with Crippen molar-refractivity contribution in [3.8, 4) is 0 Å². The fourth-order valence-corrected chi connectivity index (χ4v) is 8.34. The molecule has 256 valence electrons. The lowest BCUT2D eigenvalue weighted by molar-refractivity contribution is -0.268. The number of thiazole rings is 1. The number of thioether (sulfide) groups is 1. The molecule has 0 bridgehead atoms. The van der Waals surface area contributed by atoms with Gasteiger partial charge in [0.25, 0.3) is 5.91 Å².